The van der Waals surface area contributed by atoms with Crippen molar-refractivity contribution in [2.75, 3.05) is 0 Å². The predicted molar refractivity (Wildman–Crippen MR) is 79.0 cm³/mol. The minimum absolute atomic E-state index is 0.179. The highest BCUT2D eigenvalue weighted by atomic mass is 32.2. The zero-order chi connectivity index (χ0) is 14.0. The van der Waals surface area contributed by atoms with Crippen LogP contribution in [-0.4, -0.2) is 5.25 Å². The van der Waals surface area contributed by atoms with Gasteiger partial charge in [0, 0.05) is 10.1 Å². The van der Waals surface area contributed by atoms with E-state index in [-0.39, 0.29) is 5.92 Å². The number of aryl methyl sites for hydroxylation is 1. The molecule has 0 amide bonds. The van der Waals surface area contributed by atoms with Crippen LogP contribution in [0.3, 0.4) is 0 Å². The Labute approximate surface area is 120 Å². The summed E-state index contributed by atoms with van der Waals surface area (Å²) < 4.78 is 5.37. The van der Waals surface area contributed by atoms with Gasteiger partial charge in [-0.3, -0.25) is 0 Å². The molecule has 0 spiro atoms. The topological polar surface area (TPSA) is 36.9 Å². The molecule has 1 heterocycles. The lowest BCUT2D eigenvalue weighted by atomic mass is 9.70. The summed E-state index contributed by atoms with van der Waals surface area (Å²) >= 11 is 1.83. The third-order valence-corrected chi connectivity index (χ3v) is 5.77. The highest BCUT2D eigenvalue weighted by Gasteiger charge is 2.36. The van der Waals surface area contributed by atoms with Gasteiger partial charge < -0.3 is 4.42 Å². The molecule has 0 aromatic carbocycles. The van der Waals surface area contributed by atoms with Crippen molar-refractivity contribution in [3.8, 4) is 6.07 Å². The molecule has 1 fully saturated rings. The van der Waals surface area contributed by atoms with Crippen molar-refractivity contribution < 1.29 is 4.42 Å². The number of hydrogen-bond acceptors (Lipinski definition) is 3. The summed E-state index contributed by atoms with van der Waals surface area (Å²) in [7, 11) is 0. The number of hydrogen-bond donors (Lipinski definition) is 0. The minimum atomic E-state index is 0.179. The van der Waals surface area contributed by atoms with Gasteiger partial charge in [0.05, 0.1) is 18.3 Å². The smallest absolute Gasteiger partial charge is 0.114 e. The maximum atomic E-state index is 9.36. The van der Waals surface area contributed by atoms with E-state index in [4.69, 9.17) is 4.42 Å². The molecular formula is C16H23NOS. The Morgan fingerprint density at radius 3 is 2.63 bits per heavy atom. The number of nitriles is 1. The van der Waals surface area contributed by atoms with E-state index in [1.165, 1.54) is 11.3 Å². The number of furan rings is 1. The van der Waals surface area contributed by atoms with E-state index in [1.54, 1.807) is 6.26 Å². The second-order valence-electron chi connectivity index (χ2n) is 6.61. The first kappa shape index (κ1) is 14.5. The van der Waals surface area contributed by atoms with Crippen LogP contribution in [0, 0.1) is 35.5 Å². The van der Waals surface area contributed by atoms with Crippen LogP contribution in [0.4, 0.5) is 0 Å². The molecule has 3 heteroatoms. The molecule has 2 nitrogen and oxygen atoms in total. The fraction of sp³-hybridized carbons (Fsp3) is 0.688. The molecule has 0 saturated heterocycles. The van der Waals surface area contributed by atoms with Gasteiger partial charge in [-0.05, 0) is 43.6 Å². The Morgan fingerprint density at radius 2 is 2.11 bits per heavy atom. The molecule has 0 aliphatic heterocycles. The van der Waals surface area contributed by atoms with Crippen LogP contribution >= 0.6 is 11.8 Å². The van der Waals surface area contributed by atoms with Gasteiger partial charge >= 0.3 is 0 Å². The molecule has 1 aliphatic carbocycles. The molecule has 1 aromatic heterocycles. The summed E-state index contributed by atoms with van der Waals surface area (Å²) in [5, 5.41) is 9.76. The van der Waals surface area contributed by atoms with Gasteiger partial charge in [-0.25, -0.2) is 0 Å². The lowest BCUT2D eigenvalue weighted by molar-refractivity contribution is 0.169. The third kappa shape index (κ3) is 3.36. The molecule has 1 saturated carbocycles. The Hall–Kier alpha value is -0.880. The van der Waals surface area contributed by atoms with Crippen LogP contribution in [0.25, 0.3) is 0 Å². The average molecular weight is 277 g/mol. The van der Waals surface area contributed by atoms with Gasteiger partial charge in [-0.1, -0.05) is 20.8 Å². The predicted octanol–water partition coefficient (Wildman–Crippen LogP) is 5.03. The third-order valence-electron chi connectivity index (χ3n) is 4.27. The molecule has 0 bridgehead atoms. The Balaban J connectivity index is 2.11. The van der Waals surface area contributed by atoms with Gasteiger partial charge in [-0.15, -0.1) is 11.8 Å². The van der Waals surface area contributed by atoms with Crippen molar-refractivity contribution in [1.29, 1.82) is 5.26 Å². The maximum Gasteiger partial charge on any atom is 0.114 e. The van der Waals surface area contributed by atoms with Crippen LogP contribution in [0.1, 0.15) is 45.8 Å². The molecule has 1 aromatic rings. The van der Waals surface area contributed by atoms with Crippen molar-refractivity contribution >= 4 is 11.8 Å². The van der Waals surface area contributed by atoms with Crippen molar-refractivity contribution in [3.05, 3.63) is 18.1 Å². The fourth-order valence-corrected chi connectivity index (χ4v) is 4.22. The fourth-order valence-electron chi connectivity index (χ4n) is 2.85. The first-order chi connectivity index (χ1) is 8.91. The second-order valence-corrected chi connectivity index (χ2v) is 7.89. The highest BCUT2D eigenvalue weighted by molar-refractivity contribution is 8.00. The summed E-state index contributed by atoms with van der Waals surface area (Å²) in [5.74, 6) is 1.86. The maximum absolute atomic E-state index is 9.36. The number of nitrogens with zero attached hydrogens (tertiary/aromatic N) is 1. The van der Waals surface area contributed by atoms with Crippen molar-refractivity contribution in [1.82, 2.24) is 0 Å². The quantitative estimate of drug-likeness (QED) is 0.760. The first-order valence-corrected chi connectivity index (χ1v) is 7.90. The second kappa shape index (κ2) is 5.63. The molecule has 0 radical (unpaired) electrons. The monoisotopic (exact) mass is 277 g/mol. The normalized spacial score (nSPS) is 28.1. The summed E-state index contributed by atoms with van der Waals surface area (Å²) in [6.45, 7) is 8.94. The van der Waals surface area contributed by atoms with Gasteiger partial charge in [0.1, 0.15) is 5.76 Å². The highest BCUT2D eigenvalue weighted by Crippen LogP contribution is 2.46. The standard InChI is InChI=1S/C16H23NOS/c1-11-14(7-8-18-11)19-15-9-13(16(2,3)4)6-5-12(15)10-17/h7-8,12-13,15H,5-6,9H2,1-4H3. The van der Waals surface area contributed by atoms with Crippen molar-refractivity contribution in [2.45, 2.75) is 57.1 Å². The van der Waals surface area contributed by atoms with E-state index in [1.807, 2.05) is 24.8 Å². The molecule has 0 N–H and O–H groups in total. The lowest BCUT2D eigenvalue weighted by Crippen LogP contribution is -2.33. The van der Waals surface area contributed by atoms with E-state index in [2.05, 4.69) is 26.8 Å². The minimum Gasteiger partial charge on any atom is -0.468 e. The van der Waals surface area contributed by atoms with Crippen LogP contribution in [-0.2, 0) is 0 Å². The lowest BCUT2D eigenvalue weighted by Gasteiger charge is -2.39. The summed E-state index contributed by atoms with van der Waals surface area (Å²) in [6, 6.07) is 4.53. The van der Waals surface area contributed by atoms with Gasteiger partial charge in [-0.2, -0.15) is 5.26 Å². The van der Waals surface area contributed by atoms with Crippen LogP contribution in [0.5, 0.6) is 0 Å². The summed E-state index contributed by atoms with van der Waals surface area (Å²) in [5.41, 5.74) is 0.338. The van der Waals surface area contributed by atoms with E-state index in [0.29, 0.717) is 16.6 Å². The van der Waals surface area contributed by atoms with E-state index < -0.39 is 0 Å². The Morgan fingerprint density at radius 1 is 1.37 bits per heavy atom. The largest absolute Gasteiger partial charge is 0.468 e. The van der Waals surface area contributed by atoms with Gasteiger partial charge in [0.15, 0.2) is 0 Å². The number of thioether (sulfide) groups is 1. The van der Waals surface area contributed by atoms with E-state index >= 15 is 0 Å². The molecule has 104 valence electrons. The summed E-state index contributed by atoms with van der Waals surface area (Å²) in [4.78, 5) is 1.19. The van der Waals surface area contributed by atoms with E-state index in [9.17, 15) is 5.26 Å². The zero-order valence-electron chi connectivity index (χ0n) is 12.3. The first-order valence-electron chi connectivity index (χ1n) is 7.02. The van der Waals surface area contributed by atoms with Crippen LogP contribution in [0.2, 0.25) is 0 Å². The van der Waals surface area contributed by atoms with Crippen LogP contribution in [0.15, 0.2) is 21.6 Å². The van der Waals surface area contributed by atoms with Crippen molar-refractivity contribution in [2.24, 2.45) is 17.3 Å². The van der Waals surface area contributed by atoms with Crippen molar-refractivity contribution in [3.63, 3.8) is 0 Å². The summed E-state index contributed by atoms with van der Waals surface area (Å²) in [6.07, 6.45) is 5.09. The van der Waals surface area contributed by atoms with Crippen LogP contribution < -0.4 is 0 Å². The van der Waals surface area contributed by atoms with Gasteiger partial charge in [0.2, 0.25) is 0 Å². The van der Waals surface area contributed by atoms with E-state index in [0.717, 1.165) is 18.6 Å². The SMILES string of the molecule is Cc1occc1SC1CC(C(C)(C)C)CCC1C#N. The molecule has 1 aliphatic rings. The molecule has 19 heavy (non-hydrogen) atoms. The van der Waals surface area contributed by atoms with Gasteiger partial charge in [0.25, 0.3) is 0 Å². The zero-order valence-corrected chi connectivity index (χ0v) is 13.1. The Bertz CT molecular complexity index is 466. The number of rotatable bonds is 2. The molecule has 3 unspecified atom stereocenters. The average Bonchev–Trinajstić information content (AvgIpc) is 2.74. The molecular weight excluding hydrogens is 254 g/mol. The Kier molecular flexibility index (Phi) is 4.30. The molecule has 3 atom stereocenters. The molecule has 2 rings (SSSR count).